The molecular formula is C9H12ClN3Si. The highest BCUT2D eigenvalue weighted by atomic mass is 35.5. The molecule has 0 heterocycles. The SMILES string of the molecule is C[Si](C)(C)c1ccc(Cl)cc1N=[N+]=[N-]. The Morgan fingerprint density at radius 1 is 1.36 bits per heavy atom. The molecule has 0 fully saturated rings. The Kier molecular flexibility index (Phi) is 3.21. The number of hydrogen-bond acceptors (Lipinski definition) is 1. The molecule has 0 aliphatic rings. The average Bonchev–Trinajstić information content (AvgIpc) is 2.02. The maximum absolute atomic E-state index is 8.43. The minimum absolute atomic E-state index is 0.606. The lowest BCUT2D eigenvalue weighted by Gasteiger charge is -2.18. The molecule has 0 aromatic heterocycles. The highest BCUT2D eigenvalue weighted by Gasteiger charge is 2.19. The fourth-order valence-electron chi connectivity index (χ4n) is 1.27. The Balaban J connectivity index is 3.36. The molecule has 0 unspecified atom stereocenters. The third-order valence-electron chi connectivity index (χ3n) is 1.92. The maximum atomic E-state index is 8.43. The molecule has 0 saturated carbocycles. The van der Waals surface area contributed by atoms with Crippen molar-refractivity contribution in [1.82, 2.24) is 0 Å². The van der Waals surface area contributed by atoms with Crippen LogP contribution in [0.1, 0.15) is 0 Å². The number of hydrogen-bond donors (Lipinski definition) is 0. The van der Waals surface area contributed by atoms with E-state index in [1.54, 1.807) is 6.07 Å². The van der Waals surface area contributed by atoms with Crippen LogP contribution in [0.5, 0.6) is 0 Å². The summed E-state index contributed by atoms with van der Waals surface area (Å²) in [6.45, 7) is 6.60. The van der Waals surface area contributed by atoms with E-state index in [4.69, 9.17) is 17.1 Å². The molecule has 0 amide bonds. The van der Waals surface area contributed by atoms with Crippen molar-refractivity contribution in [3.63, 3.8) is 0 Å². The Bertz CT molecular complexity index is 392. The van der Waals surface area contributed by atoms with Crippen molar-refractivity contribution in [2.24, 2.45) is 5.11 Å². The standard InChI is InChI=1S/C9H12ClN3Si/c1-14(2,3)9-5-4-7(10)6-8(9)12-13-11/h4-6H,1-3H3. The second-order valence-electron chi connectivity index (χ2n) is 4.10. The smallest absolute Gasteiger partial charge is 0.0782 e. The van der Waals surface area contributed by atoms with E-state index in [9.17, 15) is 0 Å². The van der Waals surface area contributed by atoms with E-state index in [-0.39, 0.29) is 0 Å². The van der Waals surface area contributed by atoms with Gasteiger partial charge in [0, 0.05) is 15.6 Å². The zero-order valence-corrected chi connectivity index (χ0v) is 10.2. The topological polar surface area (TPSA) is 48.8 Å². The molecule has 3 nitrogen and oxygen atoms in total. The summed E-state index contributed by atoms with van der Waals surface area (Å²) in [5.41, 5.74) is 9.10. The second kappa shape index (κ2) is 4.05. The van der Waals surface area contributed by atoms with Crippen molar-refractivity contribution in [2.75, 3.05) is 0 Å². The Hall–Kier alpha value is -0.963. The molecule has 0 aliphatic carbocycles. The van der Waals surface area contributed by atoms with Crippen LogP contribution >= 0.6 is 11.6 Å². The third-order valence-corrected chi connectivity index (χ3v) is 4.19. The van der Waals surface area contributed by atoms with Gasteiger partial charge in [0.25, 0.3) is 0 Å². The lowest BCUT2D eigenvalue weighted by atomic mass is 10.3. The van der Waals surface area contributed by atoms with E-state index < -0.39 is 8.07 Å². The molecule has 1 aromatic rings. The Labute approximate surface area is 89.3 Å². The van der Waals surface area contributed by atoms with Gasteiger partial charge < -0.3 is 0 Å². The maximum Gasteiger partial charge on any atom is 0.0782 e. The summed E-state index contributed by atoms with van der Waals surface area (Å²) in [5.74, 6) is 0. The molecule has 0 N–H and O–H groups in total. The molecule has 0 bridgehead atoms. The van der Waals surface area contributed by atoms with Crippen molar-refractivity contribution in [3.8, 4) is 0 Å². The quantitative estimate of drug-likeness (QED) is 0.318. The monoisotopic (exact) mass is 225 g/mol. The lowest BCUT2D eigenvalue weighted by Crippen LogP contribution is -2.37. The summed E-state index contributed by atoms with van der Waals surface area (Å²) in [7, 11) is -1.46. The summed E-state index contributed by atoms with van der Waals surface area (Å²) in [6.07, 6.45) is 0. The highest BCUT2D eigenvalue weighted by molar-refractivity contribution is 6.89. The number of azide groups is 1. The van der Waals surface area contributed by atoms with Crippen LogP contribution in [0.2, 0.25) is 24.7 Å². The van der Waals surface area contributed by atoms with Crippen LogP contribution in [0, 0.1) is 0 Å². The van der Waals surface area contributed by atoms with Gasteiger partial charge in [0.1, 0.15) is 0 Å². The molecule has 1 rings (SSSR count). The van der Waals surface area contributed by atoms with Crippen LogP contribution in [0.3, 0.4) is 0 Å². The van der Waals surface area contributed by atoms with Gasteiger partial charge in [-0.15, -0.1) is 0 Å². The predicted octanol–water partition coefficient (Wildman–Crippen LogP) is 3.83. The van der Waals surface area contributed by atoms with Gasteiger partial charge in [-0.3, -0.25) is 0 Å². The third kappa shape index (κ3) is 2.51. The first-order chi connectivity index (χ1) is 6.45. The van der Waals surface area contributed by atoms with Gasteiger partial charge in [-0.25, -0.2) is 0 Å². The van der Waals surface area contributed by atoms with E-state index in [2.05, 4.69) is 29.7 Å². The van der Waals surface area contributed by atoms with Gasteiger partial charge in [0.2, 0.25) is 0 Å². The first kappa shape index (κ1) is 11.1. The number of benzene rings is 1. The molecule has 0 aliphatic heterocycles. The summed E-state index contributed by atoms with van der Waals surface area (Å²) in [6, 6.07) is 5.51. The largest absolute Gasteiger partial charge is 0.0843 e. The highest BCUT2D eigenvalue weighted by Crippen LogP contribution is 2.20. The minimum atomic E-state index is -1.46. The van der Waals surface area contributed by atoms with E-state index in [1.807, 2.05) is 12.1 Å². The van der Waals surface area contributed by atoms with Crippen LogP contribution in [0.15, 0.2) is 23.3 Å². The molecule has 0 radical (unpaired) electrons. The van der Waals surface area contributed by atoms with Gasteiger partial charge >= 0.3 is 0 Å². The van der Waals surface area contributed by atoms with Crippen molar-refractivity contribution in [1.29, 1.82) is 0 Å². The Morgan fingerprint density at radius 2 is 2.00 bits per heavy atom. The fraction of sp³-hybridized carbons (Fsp3) is 0.333. The molecule has 0 saturated heterocycles. The predicted molar refractivity (Wildman–Crippen MR) is 63.2 cm³/mol. The lowest BCUT2D eigenvalue weighted by molar-refractivity contribution is 1.49. The van der Waals surface area contributed by atoms with Crippen molar-refractivity contribution in [2.45, 2.75) is 19.6 Å². The molecular weight excluding hydrogens is 214 g/mol. The van der Waals surface area contributed by atoms with E-state index in [0.717, 1.165) is 5.19 Å². The summed E-state index contributed by atoms with van der Waals surface area (Å²) in [4.78, 5) is 2.81. The molecule has 0 atom stereocenters. The van der Waals surface area contributed by atoms with E-state index in [0.29, 0.717) is 10.7 Å². The van der Waals surface area contributed by atoms with Crippen LogP contribution in [-0.2, 0) is 0 Å². The van der Waals surface area contributed by atoms with Crippen LogP contribution in [0.25, 0.3) is 10.4 Å². The normalized spacial score (nSPS) is 10.9. The molecule has 1 aromatic carbocycles. The first-order valence-corrected chi connectivity index (χ1v) is 8.18. The van der Waals surface area contributed by atoms with Gasteiger partial charge in [0.15, 0.2) is 0 Å². The van der Waals surface area contributed by atoms with Gasteiger partial charge in [-0.05, 0) is 17.7 Å². The number of nitrogens with zero attached hydrogens (tertiary/aromatic N) is 3. The van der Waals surface area contributed by atoms with Crippen molar-refractivity contribution in [3.05, 3.63) is 33.7 Å². The molecule has 14 heavy (non-hydrogen) atoms. The molecule has 5 heteroatoms. The van der Waals surface area contributed by atoms with E-state index >= 15 is 0 Å². The minimum Gasteiger partial charge on any atom is -0.0843 e. The van der Waals surface area contributed by atoms with Crippen molar-refractivity contribution < 1.29 is 0 Å². The van der Waals surface area contributed by atoms with Crippen LogP contribution in [-0.4, -0.2) is 8.07 Å². The Morgan fingerprint density at radius 3 is 2.50 bits per heavy atom. The van der Waals surface area contributed by atoms with Gasteiger partial charge in [-0.1, -0.05) is 47.6 Å². The van der Waals surface area contributed by atoms with Gasteiger partial charge in [-0.2, -0.15) is 0 Å². The van der Waals surface area contributed by atoms with E-state index in [1.165, 1.54) is 0 Å². The number of halogens is 1. The summed E-state index contributed by atoms with van der Waals surface area (Å²) >= 11 is 5.83. The second-order valence-corrected chi connectivity index (χ2v) is 9.58. The number of rotatable bonds is 2. The zero-order valence-electron chi connectivity index (χ0n) is 8.45. The average molecular weight is 226 g/mol. The van der Waals surface area contributed by atoms with Crippen LogP contribution < -0.4 is 5.19 Å². The molecule has 0 spiro atoms. The summed E-state index contributed by atoms with van der Waals surface area (Å²) < 4.78 is 0. The van der Waals surface area contributed by atoms with Crippen LogP contribution in [0.4, 0.5) is 5.69 Å². The fourth-order valence-corrected chi connectivity index (χ4v) is 2.91. The van der Waals surface area contributed by atoms with Gasteiger partial charge in [0.05, 0.1) is 8.07 Å². The zero-order chi connectivity index (χ0) is 10.8. The first-order valence-electron chi connectivity index (χ1n) is 4.30. The molecule has 74 valence electrons. The van der Waals surface area contributed by atoms with Crippen molar-refractivity contribution >= 4 is 30.5 Å². The summed E-state index contributed by atoms with van der Waals surface area (Å²) in [5, 5.41) is 5.41.